The van der Waals surface area contributed by atoms with E-state index in [1.165, 1.54) is 32.2 Å². The number of hydrogen-bond acceptors (Lipinski definition) is 5. The third kappa shape index (κ3) is 4.19. The number of nitro groups is 1. The summed E-state index contributed by atoms with van der Waals surface area (Å²) in [7, 11) is 1.41. The molecule has 1 aromatic rings. The Labute approximate surface area is 139 Å². The molecule has 0 aliphatic heterocycles. The molecule has 1 aromatic carbocycles. The van der Waals surface area contributed by atoms with Gasteiger partial charge >= 0.3 is 6.09 Å². The average molecular weight is 343 g/mol. The molecule has 0 radical (unpaired) electrons. The Hall–Kier alpha value is -2.15. The lowest BCUT2D eigenvalue weighted by Crippen LogP contribution is -2.48. The van der Waals surface area contributed by atoms with Gasteiger partial charge in [-0.3, -0.25) is 15.0 Å². The van der Waals surface area contributed by atoms with Crippen LogP contribution in [0.3, 0.4) is 0 Å². The highest BCUT2D eigenvalue weighted by Gasteiger charge is 2.37. The number of carbonyl (C=O) groups is 2. The van der Waals surface area contributed by atoms with Gasteiger partial charge in [-0.25, -0.2) is 4.79 Å². The van der Waals surface area contributed by atoms with E-state index in [1.54, 1.807) is 20.8 Å². The molecule has 1 rings (SSSR count). The van der Waals surface area contributed by atoms with Crippen LogP contribution in [0.25, 0.3) is 0 Å². The number of nitrogens with zero attached hydrogens (tertiary/aromatic N) is 2. The molecule has 23 heavy (non-hydrogen) atoms. The molecule has 0 bridgehead atoms. The number of rotatable bonds is 4. The second kappa shape index (κ2) is 6.54. The van der Waals surface area contributed by atoms with Crippen LogP contribution in [0.15, 0.2) is 18.2 Å². The van der Waals surface area contributed by atoms with Crippen molar-refractivity contribution in [3.8, 4) is 0 Å². The van der Waals surface area contributed by atoms with Crippen LogP contribution in [0.4, 0.5) is 10.5 Å². The van der Waals surface area contributed by atoms with E-state index in [2.05, 4.69) is 0 Å². The maximum atomic E-state index is 12.2. The zero-order valence-electron chi connectivity index (χ0n) is 13.6. The topological polar surface area (TPSA) is 89.8 Å². The van der Waals surface area contributed by atoms with Crippen molar-refractivity contribution in [3.05, 3.63) is 38.9 Å². The second-order valence-corrected chi connectivity index (χ2v) is 6.64. The van der Waals surface area contributed by atoms with Crippen molar-refractivity contribution < 1.29 is 19.2 Å². The average Bonchev–Trinajstić information content (AvgIpc) is 2.43. The summed E-state index contributed by atoms with van der Waals surface area (Å²) in [6.07, 6.45) is -0.129. The molecule has 0 spiro atoms. The summed E-state index contributed by atoms with van der Waals surface area (Å²) in [6.45, 7) is 6.63. The van der Waals surface area contributed by atoms with Crippen LogP contribution in [0.2, 0.25) is 5.02 Å². The zero-order valence-corrected chi connectivity index (χ0v) is 14.4. The molecule has 0 saturated carbocycles. The van der Waals surface area contributed by atoms with Crippen molar-refractivity contribution >= 4 is 29.7 Å². The molecule has 7 nitrogen and oxygen atoms in total. The maximum Gasteiger partial charge on any atom is 0.411 e. The quantitative estimate of drug-likeness (QED) is 0.474. The van der Waals surface area contributed by atoms with E-state index in [1.807, 2.05) is 0 Å². The summed E-state index contributed by atoms with van der Waals surface area (Å²) in [5.41, 5.74) is -2.02. The number of amides is 1. The monoisotopic (exact) mass is 342 g/mol. The van der Waals surface area contributed by atoms with E-state index in [9.17, 15) is 19.7 Å². The summed E-state index contributed by atoms with van der Waals surface area (Å²) >= 11 is 5.89. The molecule has 0 aliphatic carbocycles. The maximum absolute atomic E-state index is 12.2. The van der Waals surface area contributed by atoms with Crippen LogP contribution >= 0.6 is 11.6 Å². The molecule has 1 amide bonds. The first-order chi connectivity index (χ1) is 10.4. The highest BCUT2D eigenvalue weighted by molar-refractivity contribution is 6.32. The first-order valence-corrected chi connectivity index (χ1v) is 7.17. The summed E-state index contributed by atoms with van der Waals surface area (Å²) in [4.78, 5) is 35.2. The molecule has 0 aliphatic rings. The van der Waals surface area contributed by atoms with Gasteiger partial charge in [0.1, 0.15) is 22.4 Å². The van der Waals surface area contributed by atoms with E-state index in [0.717, 1.165) is 4.90 Å². The van der Waals surface area contributed by atoms with Gasteiger partial charge in [0.2, 0.25) is 0 Å². The first kappa shape index (κ1) is 18.9. The molecular weight excluding hydrogens is 324 g/mol. The number of carbonyl (C=O) groups excluding carboxylic acids is 2. The number of hydrogen-bond donors (Lipinski definition) is 0. The molecule has 126 valence electrons. The van der Waals surface area contributed by atoms with Crippen LogP contribution in [-0.2, 0) is 15.1 Å². The zero-order chi connectivity index (χ0) is 18.0. The van der Waals surface area contributed by atoms with Gasteiger partial charge in [-0.1, -0.05) is 11.6 Å². The van der Waals surface area contributed by atoms with Gasteiger partial charge in [0.25, 0.3) is 5.69 Å². The van der Waals surface area contributed by atoms with Gasteiger partial charge in [-0.15, -0.1) is 0 Å². The first-order valence-electron chi connectivity index (χ1n) is 6.80. The van der Waals surface area contributed by atoms with Crippen molar-refractivity contribution in [3.63, 3.8) is 0 Å². The van der Waals surface area contributed by atoms with Crippen molar-refractivity contribution in [2.45, 2.75) is 38.8 Å². The normalized spacial score (nSPS) is 13.8. The van der Waals surface area contributed by atoms with E-state index in [4.69, 9.17) is 16.3 Å². The van der Waals surface area contributed by atoms with Crippen molar-refractivity contribution in [2.24, 2.45) is 0 Å². The van der Waals surface area contributed by atoms with Gasteiger partial charge in [0, 0.05) is 13.1 Å². The van der Waals surface area contributed by atoms with E-state index < -0.39 is 22.2 Å². The highest BCUT2D eigenvalue weighted by Crippen LogP contribution is 2.32. The Bertz CT molecular complexity index is 641. The minimum absolute atomic E-state index is 0.113. The highest BCUT2D eigenvalue weighted by atomic mass is 35.5. The molecule has 0 N–H and O–H groups in total. The number of nitro benzene ring substituents is 1. The van der Waals surface area contributed by atoms with Crippen LogP contribution in [0.1, 0.15) is 33.3 Å². The number of likely N-dealkylation sites (N-methyl/N-ethyl adjacent to an activating group) is 1. The Morgan fingerprint density at radius 2 is 1.91 bits per heavy atom. The Kier molecular flexibility index (Phi) is 5.37. The van der Waals surface area contributed by atoms with Gasteiger partial charge in [-0.2, -0.15) is 0 Å². The number of benzene rings is 1. The van der Waals surface area contributed by atoms with Crippen LogP contribution < -0.4 is 0 Å². The fraction of sp³-hybridized carbons (Fsp3) is 0.467. The summed E-state index contributed by atoms with van der Waals surface area (Å²) < 4.78 is 5.25. The number of halogens is 1. The third-order valence-electron chi connectivity index (χ3n) is 3.32. The predicted octanol–water partition coefficient (Wildman–Crippen LogP) is 3.53. The van der Waals surface area contributed by atoms with Crippen molar-refractivity contribution in [1.82, 2.24) is 4.90 Å². The van der Waals surface area contributed by atoms with Gasteiger partial charge in [0.05, 0.1) is 4.92 Å². The van der Waals surface area contributed by atoms with Crippen LogP contribution in [0, 0.1) is 10.1 Å². The minimum atomic E-state index is -1.37. The Morgan fingerprint density at radius 1 is 1.35 bits per heavy atom. The van der Waals surface area contributed by atoms with Gasteiger partial charge in [-0.05, 0) is 45.4 Å². The van der Waals surface area contributed by atoms with Crippen LogP contribution in [-0.4, -0.2) is 34.9 Å². The van der Waals surface area contributed by atoms with Gasteiger partial charge < -0.3 is 9.53 Å². The largest absolute Gasteiger partial charge is 0.444 e. The van der Waals surface area contributed by atoms with E-state index >= 15 is 0 Å². The molecule has 1 atom stereocenters. The summed E-state index contributed by atoms with van der Waals surface area (Å²) in [6, 6.07) is 3.89. The molecule has 0 saturated heterocycles. The molecule has 8 heteroatoms. The lowest BCUT2D eigenvalue weighted by Gasteiger charge is -2.35. The van der Waals surface area contributed by atoms with E-state index in [0.29, 0.717) is 11.8 Å². The lowest BCUT2D eigenvalue weighted by molar-refractivity contribution is -0.384. The van der Waals surface area contributed by atoms with Crippen molar-refractivity contribution in [1.29, 1.82) is 0 Å². The second-order valence-electron chi connectivity index (χ2n) is 6.23. The summed E-state index contributed by atoms with van der Waals surface area (Å²) in [5.74, 6) is 0. The molecule has 0 heterocycles. The fourth-order valence-corrected chi connectivity index (χ4v) is 2.08. The lowest BCUT2D eigenvalue weighted by atomic mass is 9.92. The Balaban J connectivity index is 3.23. The van der Waals surface area contributed by atoms with Gasteiger partial charge in [0.15, 0.2) is 0 Å². The molecule has 0 aromatic heterocycles. The SMILES string of the molecule is CN(C(=O)OC(C)(C)C)C(C)(C=O)c1ccc([N+](=O)[O-])c(Cl)c1. The summed E-state index contributed by atoms with van der Waals surface area (Å²) in [5, 5.41) is 10.7. The standard InChI is InChI=1S/C15H19ClN2O5/c1-14(2,3)23-13(20)17(5)15(4,9-19)10-6-7-12(18(21)22)11(16)8-10/h6-9H,1-5H3. The predicted molar refractivity (Wildman–Crippen MR) is 85.5 cm³/mol. The molecule has 0 fully saturated rings. The molecule has 1 unspecified atom stereocenters. The molecular formula is C15H19ClN2O5. The fourth-order valence-electron chi connectivity index (χ4n) is 1.83. The number of ether oxygens (including phenoxy) is 1. The minimum Gasteiger partial charge on any atom is -0.444 e. The smallest absolute Gasteiger partial charge is 0.411 e. The number of aldehydes is 1. The van der Waals surface area contributed by atoms with Crippen LogP contribution in [0.5, 0.6) is 0 Å². The third-order valence-corrected chi connectivity index (χ3v) is 3.63. The van der Waals surface area contributed by atoms with Crippen molar-refractivity contribution in [2.75, 3.05) is 7.05 Å². The van der Waals surface area contributed by atoms with E-state index in [-0.39, 0.29) is 10.7 Å². The Morgan fingerprint density at radius 3 is 2.30 bits per heavy atom.